The third-order valence-electron chi connectivity index (χ3n) is 2.24. The lowest BCUT2D eigenvalue weighted by atomic mass is 10.2. The van der Waals surface area contributed by atoms with Crippen molar-refractivity contribution in [1.82, 2.24) is 9.36 Å². The topological polar surface area (TPSA) is 38.1 Å². The van der Waals surface area contributed by atoms with Gasteiger partial charge in [-0.25, -0.2) is 4.99 Å². The number of hydrogen-bond acceptors (Lipinski definition) is 5. The lowest BCUT2D eigenvalue weighted by molar-refractivity contribution is 1.35. The van der Waals surface area contributed by atoms with E-state index in [1.54, 1.807) is 6.20 Å². The van der Waals surface area contributed by atoms with Crippen LogP contribution in [-0.4, -0.2) is 9.36 Å². The van der Waals surface area contributed by atoms with Gasteiger partial charge in [-0.3, -0.25) is 4.98 Å². The van der Waals surface area contributed by atoms with Gasteiger partial charge in [-0.1, -0.05) is 29.8 Å². The van der Waals surface area contributed by atoms with Crippen LogP contribution in [0.2, 0.25) is 5.15 Å². The van der Waals surface area contributed by atoms with Crippen LogP contribution in [0.25, 0.3) is 10.9 Å². The summed E-state index contributed by atoms with van der Waals surface area (Å²) in [4.78, 5) is 8.84. The number of benzene rings is 1. The number of aromatic nitrogens is 2. The molecule has 0 unspecified atom stereocenters. The van der Waals surface area contributed by atoms with Crippen molar-refractivity contribution in [2.75, 3.05) is 0 Å². The fraction of sp³-hybridized carbons (Fsp3) is 0. The van der Waals surface area contributed by atoms with Crippen molar-refractivity contribution in [3.63, 3.8) is 0 Å². The molecule has 2 aromatic heterocycles. The Labute approximate surface area is 110 Å². The Morgan fingerprint density at radius 3 is 2.88 bits per heavy atom. The van der Waals surface area contributed by atoms with Gasteiger partial charge < -0.3 is 0 Å². The molecule has 0 spiro atoms. The number of hydrogen-bond donors (Lipinski definition) is 0. The zero-order valence-electron chi connectivity index (χ0n) is 8.50. The molecule has 0 aliphatic carbocycles. The van der Waals surface area contributed by atoms with Gasteiger partial charge in [-0.15, -0.1) is 0 Å². The number of rotatable bonds is 1. The number of halogens is 1. The summed E-state index contributed by atoms with van der Waals surface area (Å²) in [5, 5.41) is 1.52. The molecule has 3 nitrogen and oxygen atoms in total. The fourth-order valence-electron chi connectivity index (χ4n) is 1.51. The molecule has 3 rings (SSSR count). The molecule has 0 aliphatic heterocycles. The van der Waals surface area contributed by atoms with E-state index in [0.717, 1.165) is 21.3 Å². The monoisotopic (exact) mass is 279 g/mol. The molecule has 0 amide bonds. The van der Waals surface area contributed by atoms with E-state index in [4.69, 9.17) is 11.6 Å². The lowest BCUT2D eigenvalue weighted by Gasteiger charge is -1.98. The van der Waals surface area contributed by atoms with Gasteiger partial charge in [0.2, 0.25) is 0 Å². The van der Waals surface area contributed by atoms with Crippen molar-refractivity contribution >= 4 is 49.1 Å². The smallest absolute Gasteiger partial charge is 0.179 e. The summed E-state index contributed by atoms with van der Waals surface area (Å²) < 4.78 is 4.74. The molecular weight excluding hydrogens is 274 g/mol. The van der Waals surface area contributed by atoms with Crippen molar-refractivity contribution in [2.24, 2.45) is 4.99 Å². The molecular formula is C11H6ClN3S2. The Kier molecular flexibility index (Phi) is 2.88. The van der Waals surface area contributed by atoms with Crippen LogP contribution in [0.4, 0.5) is 5.69 Å². The predicted molar refractivity (Wildman–Crippen MR) is 72.0 cm³/mol. The van der Waals surface area contributed by atoms with E-state index in [1.807, 2.05) is 30.3 Å². The Balaban J connectivity index is 2.29. The maximum Gasteiger partial charge on any atom is 0.179 e. The standard InChI is InChI=1S/C11H6ClN3S2/c12-10-11(16-17-15-10)14-8-5-1-3-7-4-2-6-13-9(7)8/h1-6H. The van der Waals surface area contributed by atoms with Gasteiger partial charge in [0.15, 0.2) is 9.82 Å². The summed E-state index contributed by atoms with van der Waals surface area (Å²) in [5.41, 5.74) is 1.70. The first kappa shape index (κ1) is 10.8. The molecule has 0 saturated heterocycles. The van der Waals surface area contributed by atoms with E-state index in [2.05, 4.69) is 14.3 Å². The summed E-state index contributed by atoms with van der Waals surface area (Å²) in [6.07, 6.45) is 1.76. The minimum absolute atomic E-state index is 0.452. The van der Waals surface area contributed by atoms with Gasteiger partial charge in [0.1, 0.15) is 0 Å². The average molecular weight is 280 g/mol. The molecule has 17 heavy (non-hydrogen) atoms. The molecule has 0 fully saturated rings. The van der Waals surface area contributed by atoms with Crippen molar-refractivity contribution in [1.29, 1.82) is 0 Å². The summed E-state index contributed by atoms with van der Waals surface area (Å²) >= 11 is 5.94. The Morgan fingerprint density at radius 2 is 2.06 bits per heavy atom. The summed E-state index contributed by atoms with van der Waals surface area (Å²) in [7, 11) is 2.79. The van der Waals surface area contributed by atoms with Crippen molar-refractivity contribution in [3.8, 4) is 0 Å². The Bertz CT molecular complexity index is 727. The second-order valence-electron chi connectivity index (χ2n) is 3.31. The van der Waals surface area contributed by atoms with Gasteiger partial charge in [-0.05, 0) is 22.5 Å². The highest BCUT2D eigenvalue weighted by Crippen LogP contribution is 2.23. The molecule has 2 heterocycles. The first-order chi connectivity index (χ1) is 8.34. The number of fused-ring (bicyclic) bond motifs is 1. The quantitative estimate of drug-likeness (QED) is 0.638. The van der Waals surface area contributed by atoms with Crippen LogP contribution in [0.5, 0.6) is 0 Å². The van der Waals surface area contributed by atoms with Gasteiger partial charge in [0.05, 0.1) is 11.2 Å². The van der Waals surface area contributed by atoms with Gasteiger partial charge in [0, 0.05) is 22.1 Å². The van der Waals surface area contributed by atoms with Gasteiger partial charge >= 0.3 is 0 Å². The van der Waals surface area contributed by atoms with Crippen LogP contribution in [0.15, 0.2) is 41.5 Å². The molecule has 0 bridgehead atoms. The third-order valence-corrected chi connectivity index (χ3v) is 4.41. The highest BCUT2D eigenvalue weighted by Gasteiger charge is 2.02. The minimum Gasteiger partial charge on any atom is -0.254 e. The second kappa shape index (κ2) is 4.52. The second-order valence-corrected chi connectivity index (χ2v) is 5.50. The van der Waals surface area contributed by atoms with E-state index in [1.165, 1.54) is 20.9 Å². The van der Waals surface area contributed by atoms with E-state index in [0.29, 0.717) is 5.15 Å². The molecule has 0 saturated carbocycles. The van der Waals surface area contributed by atoms with E-state index >= 15 is 0 Å². The van der Waals surface area contributed by atoms with Crippen LogP contribution in [0, 0.1) is 0 Å². The number of pyridine rings is 1. The van der Waals surface area contributed by atoms with E-state index in [9.17, 15) is 0 Å². The minimum atomic E-state index is 0.452. The molecule has 1 aromatic carbocycles. The average Bonchev–Trinajstić information content (AvgIpc) is 2.76. The summed E-state index contributed by atoms with van der Waals surface area (Å²) in [6, 6.07) is 9.82. The van der Waals surface area contributed by atoms with Crippen LogP contribution < -0.4 is 4.67 Å². The zero-order valence-corrected chi connectivity index (χ0v) is 10.9. The molecule has 84 valence electrons. The lowest BCUT2D eigenvalue weighted by Crippen LogP contribution is -1.93. The van der Waals surface area contributed by atoms with E-state index in [-0.39, 0.29) is 0 Å². The number of para-hydroxylation sites is 1. The molecule has 0 radical (unpaired) electrons. The first-order valence-corrected chi connectivity index (χ1v) is 7.33. The third kappa shape index (κ3) is 2.09. The molecule has 0 N–H and O–H groups in total. The number of nitrogens with zero attached hydrogens (tertiary/aromatic N) is 3. The van der Waals surface area contributed by atoms with Gasteiger partial charge in [-0.2, -0.15) is 4.37 Å². The van der Waals surface area contributed by atoms with Crippen LogP contribution in [0.3, 0.4) is 0 Å². The highest BCUT2D eigenvalue weighted by atomic mass is 35.5. The largest absolute Gasteiger partial charge is 0.254 e. The van der Waals surface area contributed by atoms with Crippen LogP contribution in [-0.2, 0) is 0 Å². The normalized spacial score (nSPS) is 12.2. The highest BCUT2D eigenvalue weighted by molar-refractivity contribution is 7.66. The van der Waals surface area contributed by atoms with Crippen molar-refractivity contribution in [2.45, 2.75) is 0 Å². The van der Waals surface area contributed by atoms with Crippen LogP contribution >= 0.6 is 32.5 Å². The predicted octanol–water partition coefficient (Wildman–Crippen LogP) is 3.64. The molecule has 0 aliphatic rings. The first-order valence-electron chi connectivity index (χ1n) is 4.84. The molecule has 0 atom stereocenters. The fourth-order valence-corrected chi connectivity index (χ4v) is 3.50. The van der Waals surface area contributed by atoms with E-state index < -0.39 is 0 Å². The maximum absolute atomic E-state index is 5.94. The SMILES string of the molecule is Clc1nssc1=Nc1cccc2cccnc12. The summed E-state index contributed by atoms with van der Waals surface area (Å²) in [6.45, 7) is 0. The van der Waals surface area contributed by atoms with Crippen molar-refractivity contribution < 1.29 is 0 Å². The molecule has 3 aromatic rings. The zero-order chi connectivity index (χ0) is 11.7. The maximum atomic E-state index is 5.94. The Morgan fingerprint density at radius 1 is 1.18 bits per heavy atom. The Hall–Kier alpha value is -1.30. The van der Waals surface area contributed by atoms with Gasteiger partial charge in [0.25, 0.3) is 0 Å². The van der Waals surface area contributed by atoms with Crippen molar-refractivity contribution in [3.05, 3.63) is 46.4 Å². The summed E-state index contributed by atoms with van der Waals surface area (Å²) in [5.74, 6) is 0. The van der Waals surface area contributed by atoms with Crippen LogP contribution in [0.1, 0.15) is 0 Å². The molecule has 6 heteroatoms.